The zero-order chi connectivity index (χ0) is 58.0. The fourth-order valence-electron chi connectivity index (χ4n) is 19.8. The number of ketones is 2. The number of carbonyl (C=O) groups excluding carboxylic acids is 3. The predicted molar refractivity (Wildman–Crippen MR) is 293 cm³/mol. The Hall–Kier alpha value is -3.37. The summed E-state index contributed by atoms with van der Waals surface area (Å²) in [6, 6.07) is 5.72. The van der Waals surface area contributed by atoms with Crippen LogP contribution < -0.4 is 9.47 Å². The fourth-order valence-corrected chi connectivity index (χ4v) is 20.8. The number of benzene rings is 2. The molecule has 0 saturated heterocycles. The van der Waals surface area contributed by atoms with Crippen LogP contribution in [0.3, 0.4) is 0 Å². The van der Waals surface area contributed by atoms with Crippen LogP contribution in [0.1, 0.15) is 178 Å². The molecule has 19 heteroatoms. The molecular formula is C61H86O17S2. The average molecular weight is 1160 g/mol. The summed E-state index contributed by atoms with van der Waals surface area (Å²) in [5.41, 5.74) is -2.04. The van der Waals surface area contributed by atoms with Gasteiger partial charge in [-0.2, -0.15) is 16.8 Å². The molecule has 8 aliphatic rings. The van der Waals surface area contributed by atoms with Crippen LogP contribution in [0.15, 0.2) is 46.2 Å². The number of hydrogen-bond donors (Lipinski definition) is 8. The summed E-state index contributed by atoms with van der Waals surface area (Å²) in [7, 11) is -9.70. The third-order valence-electron chi connectivity index (χ3n) is 24.2. The van der Waals surface area contributed by atoms with E-state index in [2.05, 4.69) is 27.7 Å². The number of ether oxygens (including phenoxy) is 2. The van der Waals surface area contributed by atoms with Gasteiger partial charge in [0.05, 0.1) is 57.5 Å². The number of aliphatic hydroxyl groups is 6. The van der Waals surface area contributed by atoms with Crippen LogP contribution in [-0.2, 0) is 20.2 Å². The first kappa shape index (κ1) is 59.8. The van der Waals surface area contributed by atoms with Crippen LogP contribution in [0, 0.1) is 92.7 Å². The Morgan fingerprint density at radius 2 is 0.912 bits per heavy atom. The molecule has 8 saturated carbocycles. The van der Waals surface area contributed by atoms with Gasteiger partial charge in [-0.3, -0.25) is 18.7 Å². The maximum absolute atomic E-state index is 14.3. The first-order valence-electron chi connectivity index (χ1n) is 29.7. The average Bonchev–Trinajstić information content (AvgIpc) is 4.12. The highest BCUT2D eigenvalue weighted by Gasteiger charge is 2.67. The van der Waals surface area contributed by atoms with Gasteiger partial charge in [0.25, 0.3) is 20.2 Å². The highest BCUT2D eigenvalue weighted by atomic mass is 32.2. The Morgan fingerprint density at radius 3 is 1.27 bits per heavy atom. The third kappa shape index (κ3) is 10.3. The Bertz CT molecular complexity index is 2760. The lowest BCUT2D eigenvalue weighted by Gasteiger charge is -2.63. The van der Waals surface area contributed by atoms with E-state index in [9.17, 15) is 71.0 Å². The molecule has 444 valence electrons. The largest absolute Gasteiger partial charge is 0.519 e. The molecule has 0 heterocycles. The molecule has 17 nitrogen and oxygen atoms in total. The Morgan fingerprint density at radius 1 is 0.537 bits per heavy atom. The van der Waals surface area contributed by atoms with Crippen molar-refractivity contribution in [2.24, 2.45) is 92.7 Å². The second kappa shape index (κ2) is 21.6. The monoisotopic (exact) mass is 1150 g/mol. The minimum atomic E-state index is -4.85. The van der Waals surface area contributed by atoms with Crippen LogP contribution in [0.5, 0.6) is 11.5 Å². The molecule has 0 aromatic heterocycles. The summed E-state index contributed by atoms with van der Waals surface area (Å²) in [6.45, 7) is 12.8. The van der Waals surface area contributed by atoms with E-state index in [0.29, 0.717) is 64.2 Å². The zero-order valence-corrected chi connectivity index (χ0v) is 48.8. The van der Waals surface area contributed by atoms with Gasteiger partial charge >= 0.3 is 6.16 Å². The number of Topliss-reactive ketones (excluding diaryl/α,β-unsaturated/α-hetero) is 2. The number of carbonyl (C=O) groups is 3. The number of fused-ring (bicyclic) bond motifs is 10. The maximum atomic E-state index is 14.3. The number of rotatable bonds is 14. The molecular weight excluding hydrogens is 1070 g/mol. The standard InChI is InChI=1S/C61H86O17S2/c1-31(41-11-13-43-55-45(29-53(68)60(41,43)5)58(3)21-19-35(62)23-33(58)25-49(55)66)7-15-47(64)39-27-37(79(71,72)73)9-17-51(39)77-57(70)78-52-18-10-38(80(74,75)76)28-40(52)48(65)16-8-32(2)42-12-14-44-56-46(30-54(69)61(42,44)6)59(4)22-20-36(63)24-34(59)26-50(56)67/h9-10,17-18,27-28,31-36,41-46,49-50,53-56,62-63,66-69H,7-8,11-16,19-26,29-30H2,1-6H3,(H,71,72,73)(H,74,75,76). The van der Waals surface area contributed by atoms with E-state index in [1.54, 1.807) is 0 Å². The molecule has 22 unspecified atom stereocenters. The Labute approximate surface area is 471 Å². The molecule has 0 radical (unpaired) electrons. The van der Waals surface area contributed by atoms with Crippen molar-refractivity contribution in [3.63, 3.8) is 0 Å². The first-order chi connectivity index (χ1) is 37.4. The molecule has 0 spiro atoms. The minimum absolute atomic E-state index is 0.0138. The molecule has 0 amide bonds. The van der Waals surface area contributed by atoms with Crippen molar-refractivity contribution in [1.82, 2.24) is 0 Å². The van der Waals surface area contributed by atoms with Crippen molar-refractivity contribution in [3.05, 3.63) is 47.5 Å². The summed E-state index contributed by atoms with van der Waals surface area (Å²) in [5, 5.41) is 68.8. The van der Waals surface area contributed by atoms with Gasteiger partial charge in [-0.15, -0.1) is 0 Å². The Kier molecular flexibility index (Phi) is 16.1. The van der Waals surface area contributed by atoms with E-state index in [1.165, 1.54) is 0 Å². The van der Waals surface area contributed by atoms with E-state index < -0.39 is 94.5 Å². The summed E-state index contributed by atoms with van der Waals surface area (Å²) < 4.78 is 80.7. The lowest BCUT2D eigenvalue weighted by molar-refractivity contribution is -0.207. The van der Waals surface area contributed by atoms with Gasteiger partial charge in [0.15, 0.2) is 11.6 Å². The molecule has 2 aromatic rings. The van der Waals surface area contributed by atoms with E-state index in [1.807, 2.05) is 13.8 Å². The van der Waals surface area contributed by atoms with Crippen molar-refractivity contribution in [3.8, 4) is 11.5 Å². The number of hydrogen-bond acceptors (Lipinski definition) is 15. The topological polar surface area (TPSA) is 300 Å². The second-order valence-corrected chi connectivity index (χ2v) is 30.5. The lowest BCUT2D eigenvalue weighted by atomic mass is 9.43. The SMILES string of the molecule is CC(CCC(=O)c1cc(S(=O)(=O)O)ccc1OC(=O)Oc1ccc(S(=O)(=O)O)cc1C(=O)CCC(C)C1CCC2C3C(O)CC4CC(O)CCC4(C)C3CC(O)C12C)C1CCC2C3C(O)CC4CC(O)CCC4(C)C3CC(O)C12C. The van der Waals surface area contributed by atoms with Gasteiger partial charge in [0, 0.05) is 12.8 Å². The normalized spacial score (nSPS) is 42.1. The van der Waals surface area contributed by atoms with Gasteiger partial charge < -0.3 is 40.1 Å². The van der Waals surface area contributed by atoms with Crippen molar-refractivity contribution in [2.75, 3.05) is 0 Å². The molecule has 10 rings (SSSR count). The van der Waals surface area contributed by atoms with Crippen LogP contribution >= 0.6 is 0 Å². The van der Waals surface area contributed by atoms with Gasteiger partial charge in [0.2, 0.25) is 0 Å². The van der Waals surface area contributed by atoms with E-state index >= 15 is 0 Å². The quantitative estimate of drug-likeness (QED) is 0.0379. The van der Waals surface area contributed by atoms with E-state index in [-0.39, 0.29) is 118 Å². The van der Waals surface area contributed by atoms with Crippen LogP contribution in [0.2, 0.25) is 0 Å². The lowest BCUT2D eigenvalue weighted by Crippen LogP contribution is -2.62. The molecule has 0 bridgehead atoms. The predicted octanol–water partition coefficient (Wildman–Crippen LogP) is 8.88. The molecule has 2 aromatic carbocycles. The Balaban J connectivity index is 0.816. The van der Waals surface area contributed by atoms with Crippen molar-refractivity contribution < 1.29 is 80.4 Å². The van der Waals surface area contributed by atoms with Crippen molar-refractivity contribution in [2.45, 2.75) is 204 Å². The summed E-state index contributed by atoms with van der Waals surface area (Å²) >= 11 is 0. The molecule has 8 aliphatic carbocycles. The van der Waals surface area contributed by atoms with E-state index in [0.717, 1.165) is 74.9 Å². The molecule has 80 heavy (non-hydrogen) atoms. The van der Waals surface area contributed by atoms with Gasteiger partial charge in [-0.05, 0) is 232 Å². The highest BCUT2D eigenvalue weighted by Crippen LogP contribution is 2.70. The summed E-state index contributed by atoms with van der Waals surface area (Å²) in [6.07, 6.45) is 5.44. The molecule has 22 atom stereocenters. The van der Waals surface area contributed by atoms with Gasteiger partial charge in [-0.25, -0.2) is 4.79 Å². The zero-order valence-electron chi connectivity index (χ0n) is 47.2. The van der Waals surface area contributed by atoms with Gasteiger partial charge in [0.1, 0.15) is 11.5 Å². The van der Waals surface area contributed by atoms with E-state index in [4.69, 9.17) is 9.47 Å². The summed E-state index contributed by atoms with van der Waals surface area (Å²) in [5.74, 6) is -1.80. The van der Waals surface area contributed by atoms with Crippen molar-refractivity contribution >= 4 is 38.0 Å². The first-order valence-corrected chi connectivity index (χ1v) is 32.6. The highest BCUT2D eigenvalue weighted by molar-refractivity contribution is 7.86. The third-order valence-corrected chi connectivity index (χ3v) is 25.9. The number of aliphatic hydroxyl groups excluding tert-OH is 6. The molecule has 8 N–H and O–H groups in total. The van der Waals surface area contributed by atoms with Crippen molar-refractivity contribution in [1.29, 1.82) is 0 Å². The van der Waals surface area contributed by atoms with Crippen LogP contribution in [-0.4, -0.2) is 111 Å². The minimum Gasteiger partial charge on any atom is -0.394 e. The summed E-state index contributed by atoms with van der Waals surface area (Å²) in [4.78, 5) is 41.0. The molecule has 8 fully saturated rings. The smallest absolute Gasteiger partial charge is 0.394 e. The van der Waals surface area contributed by atoms with Crippen LogP contribution in [0.25, 0.3) is 0 Å². The second-order valence-electron chi connectivity index (χ2n) is 27.6. The van der Waals surface area contributed by atoms with Gasteiger partial charge in [-0.1, -0.05) is 41.5 Å². The maximum Gasteiger partial charge on any atom is 0.519 e. The van der Waals surface area contributed by atoms with Crippen LogP contribution in [0.4, 0.5) is 4.79 Å². The fraction of sp³-hybridized carbons (Fsp3) is 0.754. The molecule has 0 aliphatic heterocycles.